The number of alkyl halides is 2. The Labute approximate surface area is 187 Å². The van der Waals surface area contributed by atoms with Crippen LogP contribution in [0.3, 0.4) is 0 Å². The molecule has 33 heavy (non-hydrogen) atoms. The summed E-state index contributed by atoms with van der Waals surface area (Å²) in [5, 5.41) is 4.47. The minimum Gasteiger partial charge on any atom is -0.496 e. The van der Waals surface area contributed by atoms with Gasteiger partial charge in [0, 0.05) is 25.1 Å². The van der Waals surface area contributed by atoms with Gasteiger partial charge in [-0.15, -0.1) is 0 Å². The Balaban J connectivity index is 1.45. The highest BCUT2D eigenvalue weighted by atomic mass is 19.3. The number of rotatable bonds is 6. The van der Waals surface area contributed by atoms with Gasteiger partial charge < -0.3 is 15.0 Å². The molecule has 2 heterocycles. The molecule has 172 valence electrons. The second-order valence-corrected chi connectivity index (χ2v) is 7.85. The van der Waals surface area contributed by atoms with Crippen molar-refractivity contribution < 1.29 is 32.7 Å². The van der Waals surface area contributed by atoms with Crippen molar-refractivity contribution >= 4 is 23.6 Å². The number of nitrogens with one attached hydrogen (secondary N) is 2. The SMILES string of the molecule is COc1ccccc1C(F)(F)C(=O)NCc1ccc2c(c1)CN(C1CCC(=O)NC1=O)C2=O. The Kier molecular flexibility index (Phi) is 5.84. The van der Waals surface area contributed by atoms with E-state index in [0.717, 1.165) is 6.07 Å². The molecule has 1 atom stereocenters. The van der Waals surface area contributed by atoms with Gasteiger partial charge in [-0.05, 0) is 35.7 Å². The standard InChI is InChI=1S/C23H21F2N3O5/c1-33-18-5-3-2-4-16(18)23(24,25)22(32)26-11-13-6-7-15-14(10-13)12-28(21(15)31)17-8-9-19(29)27-20(17)30/h2-7,10,17H,8-9,11-12H2,1H3,(H,26,32)(H,27,29,30). The van der Waals surface area contributed by atoms with Gasteiger partial charge in [0.05, 0.1) is 12.7 Å². The lowest BCUT2D eigenvalue weighted by Gasteiger charge is -2.29. The number of fused-ring (bicyclic) bond motifs is 1. The maximum absolute atomic E-state index is 14.7. The number of halogens is 2. The van der Waals surface area contributed by atoms with Crippen molar-refractivity contribution in [2.24, 2.45) is 0 Å². The van der Waals surface area contributed by atoms with Gasteiger partial charge in [0.15, 0.2) is 0 Å². The number of carbonyl (C=O) groups is 4. The van der Waals surface area contributed by atoms with Crippen LogP contribution in [0.2, 0.25) is 0 Å². The molecule has 0 saturated carbocycles. The molecule has 0 bridgehead atoms. The first-order valence-electron chi connectivity index (χ1n) is 10.3. The Morgan fingerprint density at radius 1 is 1.21 bits per heavy atom. The number of carbonyl (C=O) groups excluding carboxylic acids is 4. The van der Waals surface area contributed by atoms with Gasteiger partial charge >= 0.3 is 5.92 Å². The summed E-state index contributed by atoms with van der Waals surface area (Å²) in [6.45, 7) is -0.0247. The van der Waals surface area contributed by atoms with Crippen molar-refractivity contribution in [1.29, 1.82) is 0 Å². The summed E-state index contributed by atoms with van der Waals surface area (Å²) in [5.74, 6) is -6.60. The number of piperidine rings is 1. The van der Waals surface area contributed by atoms with Gasteiger partial charge in [0.2, 0.25) is 11.8 Å². The molecule has 0 radical (unpaired) electrons. The molecule has 1 unspecified atom stereocenters. The van der Waals surface area contributed by atoms with Gasteiger partial charge in [-0.1, -0.05) is 24.3 Å². The van der Waals surface area contributed by atoms with E-state index in [1.807, 2.05) is 0 Å². The minimum absolute atomic E-state index is 0.0952. The smallest absolute Gasteiger partial charge is 0.353 e. The molecule has 2 aliphatic heterocycles. The second kappa shape index (κ2) is 8.61. The minimum atomic E-state index is -3.80. The van der Waals surface area contributed by atoms with E-state index in [2.05, 4.69) is 10.6 Å². The van der Waals surface area contributed by atoms with Gasteiger partial charge in [0.25, 0.3) is 11.8 Å². The summed E-state index contributed by atoms with van der Waals surface area (Å²) in [5.41, 5.74) is 1.00. The zero-order valence-electron chi connectivity index (χ0n) is 17.7. The molecule has 4 rings (SSSR count). The van der Waals surface area contributed by atoms with Crippen molar-refractivity contribution in [3.8, 4) is 5.75 Å². The molecule has 0 aromatic heterocycles. The lowest BCUT2D eigenvalue weighted by Crippen LogP contribution is -2.52. The number of amides is 4. The molecule has 2 aliphatic rings. The number of nitrogens with zero attached hydrogens (tertiary/aromatic N) is 1. The summed E-state index contributed by atoms with van der Waals surface area (Å²) in [6, 6.07) is 9.40. The van der Waals surface area contributed by atoms with Gasteiger partial charge in [-0.3, -0.25) is 24.5 Å². The van der Waals surface area contributed by atoms with Crippen molar-refractivity contribution in [3.05, 3.63) is 64.7 Å². The Bertz CT molecular complexity index is 1150. The lowest BCUT2D eigenvalue weighted by molar-refractivity contribution is -0.147. The third-order valence-corrected chi connectivity index (χ3v) is 5.77. The molecule has 2 aromatic carbocycles. The number of hydrogen-bond donors (Lipinski definition) is 2. The van der Waals surface area contributed by atoms with E-state index in [1.165, 1.54) is 30.2 Å². The Hall–Kier alpha value is -3.82. The molecule has 2 aromatic rings. The van der Waals surface area contributed by atoms with Crippen molar-refractivity contribution in [3.63, 3.8) is 0 Å². The van der Waals surface area contributed by atoms with Crippen molar-refractivity contribution in [1.82, 2.24) is 15.5 Å². The maximum atomic E-state index is 14.7. The van der Waals surface area contributed by atoms with E-state index in [1.54, 1.807) is 18.2 Å². The zero-order valence-corrected chi connectivity index (χ0v) is 17.7. The van der Waals surface area contributed by atoms with Crippen LogP contribution in [0.15, 0.2) is 42.5 Å². The fraction of sp³-hybridized carbons (Fsp3) is 0.304. The van der Waals surface area contributed by atoms with Crippen LogP contribution in [0.1, 0.15) is 39.9 Å². The topological polar surface area (TPSA) is 105 Å². The molecule has 4 amide bonds. The van der Waals surface area contributed by atoms with Crippen molar-refractivity contribution in [2.75, 3.05) is 7.11 Å². The third kappa shape index (κ3) is 4.15. The maximum Gasteiger partial charge on any atom is 0.353 e. The van der Waals surface area contributed by atoms with E-state index in [0.29, 0.717) is 16.7 Å². The average molecular weight is 457 g/mol. The van der Waals surface area contributed by atoms with Gasteiger partial charge in [-0.25, -0.2) is 0 Å². The summed E-state index contributed by atoms with van der Waals surface area (Å²) < 4.78 is 34.3. The lowest BCUT2D eigenvalue weighted by atomic mass is 10.0. The predicted octanol–water partition coefficient (Wildman–Crippen LogP) is 1.86. The highest BCUT2D eigenvalue weighted by Gasteiger charge is 2.43. The van der Waals surface area contributed by atoms with E-state index < -0.39 is 29.3 Å². The van der Waals surface area contributed by atoms with Gasteiger partial charge in [0.1, 0.15) is 11.8 Å². The molecule has 10 heteroatoms. The quantitative estimate of drug-likeness (QED) is 0.645. The van der Waals surface area contributed by atoms with Crippen LogP contribution in [0.5, 0.6) is 5.75 Å². The molecule has 1 fully saturated rings. The first kappa shape index (κ1) is 22.4. The van der Waals surface area contributed by atoms with E-state index in [9.17, 15) is 28.0 Å². The highest BCUT2D eigenvalue weighted by molar-refractivity contribution is 6.05. The van der Waals surface area contributed by atoms with Crippen LogP contribution in [0.4, 0.5) is 8.78 Å². The van der Waals surface area contributed by atoms with E-state index >= 15 is 0 Å². The number of hydrogen-bond acceptors (Lipinski definition) is 5. The average Bonchev–Trinajstić information content (AvgIpc) is 3.12. The van der Waals surface area contributed by atoms with Gasteiger partial charge in [-0.2, -0.15) is 8.78 Å². The van der Waals surface area contributed by atoms with Crippen LogP contribution >= 0.6 is 0 Å². The third-order valence-electron chi connectivity index (χ3n) is 5.77. The monoisotopic (exact) mass is 457 g/mol. The molecule has 1 saturated heterocycles. The van der Waals surface area contributed by atoms with Crippen molar-refractivity contribution in [2.45, 2.75) is 37.9 Å². The molecular weight excluding hydrogens is 436 g/mol. The van der Waals surface area contributed by atoms with E-state index in [4.69, 9.17) is 4.74 Å². The van der Waals surface area contributed by atoms with Crippen LogP contribution in [-0.4, -0.2) is 41.7 Å². The Morgan fingerprint density at radius 3 is 2.70 bits per heavy atom. The summed E-state index contributed by atoms with van der Waals surface area (Å²) in [4.78, 5) is 49.9. The number of ether oxygens (including phenoxy) is 1. The summed E-state index contributed by atoms with van der Waals surface area (Å²) in [6.07, 6.45) is 0.388. The molecule has 8 nitrogen and oxygen atoms in total. The van der Waals surface area contributed by atoms with Crippen LogP contribution < -0.4 is 15.4 Å². The van der Waals surface area contributed by atoms with E-state index in [-0.39, 0.29) is 43.5 Å². The second-order valence-electron chi connectivity index (χ2n) is 7.85. The summed E-state index contributed by atoms with van der Waals surface area (Å²) >= 11 is 0. The highest BCUT2D eigenvalue weighted by Crippen LogP contribution is 2.35. The normalized spacial score (nSPS) is 18.1. The zero-order chi connectivity index (χ0) is 23.8. The van der Waals surface area contributed by atoms with Crippen LogP contribution in [-0.2, 0) is 33.4 Å². The predicted molar refractivity (Wildman–Crippen MR) is 111 cm³/mol. The first-order valence-corrected chi connectivity index (χ1v) is 10.3. The summed E-state index contributed by atoms with van der Waals surface area (Å²) in [7, 11) is 1.25. The molecule has 0 aliphatic carbocycles. The number of benzene rings is 2. The molecule has 2 N–H and O–H groups in total. The number of methoxy groups -OCH3 is 1. The number of para-hydroxylation sites is 1. The Morgan fingerprint density at radius 2 is 1.97 bits per heavy atom. The first-order chi connectivity index (χ1) is 15.7. The molecule has 0 spiro atoms. The fourth-order valence-corrected chi connectivity index (χ4v) is 4.06. The molecular formula is C23H21F2N3O5. The largest absolute Gasteiger partial charge is 0.496 e. The van der Waals surface area contributed by atoms with Crippen LogP contribution in [0, 0.1) is 0 Å². The van der Waals surface area contributed by atoms with Crippen LogP contribution in [0.25, 0.3) is 0 Å². The fourth-order valence-electron chi connectivity index (χ4n) is 4.06. The number of imide groups is 1.